The smallest absolute Gasteiger partial charge is 0.243 e. The quantitative estimate of drug-likeness (QED) is 0.927. The zero-order valence-corrected chi connectivity index (χ0v) is 12.9. The second-order valence-corrected chi connectivity index (χ2v) is 7.59. The Hall–Kier alpha value is -0.980. The van der Waals surface area contributed by atoms with E-state index in [0.717, 1.165) is 0 Å². The summed E-state index contributed by atoms with van der Waals surface area (Å²) < 4.78 is 40.7. The van der Waals surface area contributed by atoms with E-state index in [1.165, 1.54) is 23.4 Å². The minimum absolute atomic E-state index is 0.0410. The molecule has 1 aromatic rings. The van der Waals surface area contributed by atoms with Crippen LogP contribution in [0.5, 0.6) is 0 Å². The molecule has 4 nitrogen and oxygen atoms in total. The van der Waals surface area contributed by atoms with Crippen LogP contribution in [0.2, 0.25) is 0 Å². The van der Waals surface area contributed by atoms with Crippen LogP contribution in [-0.4, -0.2) is 25.8 Å². The third kappa shape index (κ3) is 2.60. The van der Waals surface area contributed by atoms with Gasteiger partial charge >= 0.3 is 0 Å². The molecule has 6 heteroatoms. The van der Waals surface area contributed by atoms with Gasteiger partial charge in [-0.25, -0.2) is 12.8 Å². The molecule has 1 aliphatic heterocycles. The molecule has 0 saturated carbocycles. The van der Waals surface area contributed by atoms with Crippen molar-refractivity contribution >= 4 is 10.0 Å². The third-order valence-electron chi connectivity index (χ3n) is 4.16. The molecule has 1 saturated heterocycles. The zero-order chi connectivity index (χ0) is 15.1. The Bertz CT molecular complexity index is 606. The summed E-state index contributed by atoms with van der Waals surface area (Å²) in [6.45, 7) is 6.64. The summed E-state index contributed by atoms with van der Waals surface area (Å²) in [7, 11) is -3.65. The largest absolute Gasteiger partial charge is 0.326 e. The van der Waals surface area contributed by atoms with Crippen LogP contribution in [0.15, 0.2) is 17.0 Å². The summed E-state index contributed by atoms with van der Waals surface area (Å²) >= 11 is 0. The molecule has 2 atom stereocenters. The molecular formula is C14H21FN2O2S. The van der Waals surface area contributed by atoms with Crippen LogP contribution in [0.25, 0.3) is 0 Å². The Balaban J connectivity index is 2.47. The summed E-state index contributed by atoms with van der Waals surface area (Å²) in [5, 5.41) is 0. The molecule has 1 heterocycles. The number of hydrogen-bond acceptors (Lipinski definition) is 3. The second-order valence-electron chi connectivity index (χ2n) is 5.68. The molecule has 0 radical (unpaired) electrons. The van der Waals surface area contributed by atoms with Crippen molar-refractivity contribution in [3.05, 3.63) is 29.1 Å². The molecule has 1 aromatic carbocycles. The molecule has 2 rings (SSSR count). The Labute approximate surface area is 119 Å². The fourth-order valence-corrected chi connectivity index (χ4v) is 4.43. The van der Waals surface area contributed by atoms with Crippen molar-refractivity contribution in [1.29, 1.82) is 0 Å². The van der Waals surface area contributed by atoms with E-state index in [2.05, 4.69) is 0 Å². The van der Waals surface area contributed by atoms with Crippen LogP contribution in [0.1, 0.15) is 25.0 Å². The van der Waals surface area contributed by atoms with Crippen LogP contribution in [0.4, 0.5) is 4.39 Å². The van der Waals surface area contributed by atoms with E-state index >= 15 is 0 Å². The lowest BCUT2D eigenvalue weighted by atomic mass is 10.0. The number of halogens is 1. The van der Waals surface area contributed by atoms with Gasteiger partial charge < -0.3 is 5.73 Å². The Morgan fingerprint density at radius 2 is 1.85 bits per heavy atom. The molecule has 112 valence electrons. The monoisotopic (exact) mass is 300 g/mol. The average Bonchev–Trinajstić information content (AvgIpc) is 2.73. The van der Waals surface area contributed by atoms with Gasteiger partial charge in [0.15, 0.2) is 0 Å². The first-order chi connectivity index (χ1) is 9.27. The lowest BCUT2D eigenvalue weighted by Crippen LogP contribution is -2.30. The van der Waals surface area contributed by atoms with Gasteiger partial charge in [0.05, 0.1) is 4.90 Å². The fraction of sp³-hybridized carbons (Fsp3) is 0.571. The standard InChI is InChI=1S/C14H21FN2O2S/c1-9-7-17(8-10(9)2)20(18,19)14-5-12(6-16)4-13(15)11(14)3/h4-5,9-10H,6-8,16H2,1-3H3. The van der Waals surface area contributed by atoms with Crippen molar-refractivity contribution in [2.24, 2.45) is 17.6 Å². The van der Waals surface area contributed by atoms with E-state index < -0.39 is 15.8 Å². The Morgan fingerprint density at radius 1 is 1.30 bits per heavy atom. The Morgan fingerprint density at radius 3 is 2.35 bits per heavy atom. The minimum atomic E-state index is -3.65. The van der Waals surface area contributed by atoms with Gasteiger partial charge in [-0.2, -0.15) is 4.31 Å². The van der Waals surface area contributed by atoms with Gasteiger partial charge in [-0.1, -0.05) is 13.8 Å². The Kier molecular flexibility index (Phi) is 4.18. The molecule has 1 fully saturated rings. The summed E-state index contributed by atoms with van der Waals surface area (Å²) in [4.78, 5) is 0.0410. The average molecular weight is 300 g/mol. The lowest BCUT2D eigenvalue weighted by Gasteiger charge is -2.18. The summed E-state index contributed by atoms with van der Waals surface area (Å²) in [6.07, 6.45) is 0. The molecule has 0 amide bonds. The topological polar surface area (TPSA) is 63.4 Å². The van der Waals surface area contributed by atoms with Crippen LogP contribution >= 0.6 is 0 Å². The second kappa shape index (κ2) is 5.42. The van der Waals surface area contributed by atoms with Gasteiger partial charge in [0.2, 0.25) is 10.0 Å². The number of benzene rings is 1. The van der Waals surface area contributed by atoms with Crippen LogP contribution < -0.4 is 5.73 Å². The highest BCUT2D eigenvalue weighted by atomic mass is 32.2. The van der Waals surface area contributed by atoms with E-state index in [1.54, 1.807) is 0 Å². The number of nitrogens with two attached hydrogens (primary N) is 1. The molecule has 0 aliphatic carbocycles. The van der Waals surface area contributed by atoms with Gasteiger partial charge in [0, 0.05) is 25.2 Å². The van der Waals surface area contributed by atoms with Crippen molar-refractivity contribution in [3.8, 4) is 0 Å². The number of sulfonamides is 1. The van der Waals surface area contributed by atoms with E-state index in [0.29, 0.717) is 30.5 Å². The van der Waals surface area contributed by atoms with E-state index in [4.69, 9.17) is 5.73 Å². The molecule has 0 aromatic heterocycles. The van der Waals surface area contributed by atoms with Crippen molar-refractivity contribution in [2.45, 2.75) is 32.2 Å². The van der Waals surface area contributed by atoms with Gasteiger partial charge in [-0.05, 0) is 36.5 Å². The zero-order valence-electron chi connectivity index (χ0n) is 12.1. The fourth-order valence-electron chi connectivity index (χ4n) is 2.50. The highest BCUT2D eigenvalue weighted by Gasteiger charge is 2.36. The first kappa shape index (κ1) is 15.4. The van der Waals surface area contributed by atoms with Crippen molar-refractivity contribution < 1.29 is 12.8 Å². The van der Waals surface area contributed by atoms with E-state index in [-0.39, 0.29) is 17.0 Å². The maximum atomic E-state index is 13.9. The van der Waals surface area contributed by atoms with Crippen molar-refractivity contribution in [1.82, 2.24) is 4.31 Å². The maximum absolute atomic E-state index is 13.9. The van der Waals surface area contributed by atoms with Crippen molar-refractivity contribution in [3.63, 3.8) is 0 Å². The SMILES string of the molecule is Cc1c(F)cc(CN)cc1S(=O)(=O)N1CC(C)C(C)C1. The van der Waals surface area contributed by atoms with E-state index in [9.17, 15) is 12.8 Å². The highest BCUT2D eigenvalue weighted by Crippen LogP contribution is 2.30. The van der Waals surface area contributed by atoms with Crippen LogP contribution in [-0.2, 0) is 16.6 Å². The summed E-state index contributed by atoms with van der Waals surface area (Å²) in [5.74, 6) is 0.104. The third-order valence-corrected chi connectivity index (χ3v) is 6.12. The molecule has 2 unspecified atom stereocenters. The van der Waals surface area contributed by atoms with E-state index in [1.807, 2.05) is 13.8 Å². The molecule has 20 heavy (non-hydrogen) atoms. The highest BCUT2D eigenvalue weighted by molar-refractivity contribution is 7.89. The first-order valence-corrected chi connectivity index (χ1v) is 8.20. The number of rotatable bonds is 3. The molecule has 0 bridgehead atoms. The normalized spacial score (nSPS) is 24.2. The molecule has 0 spiro atoms. The predicted octanol–water partition coefficient (Wildman–Crippen LogP) is 1.87. The molecule has 1 aliphatic rings. The summed E-state index contributed by atoms with van der Waals surface area (Å²) in [6, 6.07) is 2.78. The van der Waals surface area contributed by atoms with Gasteiger partial charge in [0.25, 0.3) is 0 Å². The minimum Gasteiger partial charge on any atom is -0.326 e. The molecular weight excluding hydrogens is 279 g/mol. The number of nitrogens with zero attached hydrogens (tertiary/aromatic N) is 1. The van der Waals surface area contributed by atoms with Crippen LogP contribution in [0.3, 0.4) is 0 Å². The number of hydrogen-bond donors (Lipinski definition) is 1. The maximum Gasteiger partial charge on any atom is 0.243 e. The van der Waals surface area contributed by atoms with Gasteiger partial charge in [-0.15, -0.1) is 0 Å². The molecule has 2 N–H and O–H groups in total. The predicted molar refractivity (Wildman–Crippen MR) is 76.1 cm³/mol. The lowest BCUT2D eigenvalue weighted by molar-refractivity contribution is 0.461. The summed E-state index contributed by atoms with van der Waals surface area (Å²) in [5.41, 5.74) is 6.16. The van der Waals surface area contributed by atoms with Gasteiger partial charge in [0.1, 0.15) is 5.82 Å². The van der Waals surface area contributed by atoms with Crippen molar-refractivity contribution in [2.75, 3.05) is 13.1 Å². The van der Waals surface area contributed by atoms with Crippen LogP contribution in [0, 0.1) is 24.6 Å². The first-order valence-electron chi connectivity index (χ1n) is 6.76. The van der Waals surface area contributed by atoms with Gasteiger partial charge in [-0.3, -0.25) is 0 Å².